The number of phenolic OH excluding ortho intramolecular Hbond substituents is 1. The first-order chi connectivity index (χ1) is 10.5. The van der Waals surface area contributed by atoms with Gasteiger partial charge in [-0.2, -0.15) is 0 Å². The molecule has 22 heavy (non-hydrogen) atoms. The van der Waals surface area contributed by atoms with E-state index >= 15 is 0 Å². The van der Waals surface area contributed by atoms with Gasteiger partial charge >= 0.3 is 0 Å². The normalized spacial score (nSPS) is 12.0. The summed E-state index contributed by atoms with van der Waals surface area (Å²) in [6.07, 6.45) is 0.331. The number of aliphatic hydroxyl groups is 1. The van der Waals surface area contributed by atoms with E-state index in [1.54, 1.807) is 31.3 Å². The Morgan fingerprint density at radius 1 is 1.14 bits per heavy atom. The van der Waals surface area contributed by atoms with Crippen LogP contribution in [0.5, 0.6) is 5.75 Å². The van der Waals surface area contributed by atoms with Crippen molar-refractivity contribution in [3.63, 3.8) is 0 Å². The highest BCUT2D eigenvalue weighted by molar-refractivity contribution is 5.94. The first-order valence-corrected chi connectivity index (χ1v) is 6.93. The van der Waals surface area contributed by atoms with Crippen molar-refractivity contribution in [3.8, 4) is 5.75 Å². The summed E-state index contributed by atoms with van der Waals surface area (Å²) in [4.78, 5) is 13.9. The van der Waals surface area contributed by atoms with Crippen molar-refractivity contribution in [2.75, 3.05) is 18.6 Å². The minimum atomic E-state index is -0.607. The zero-order chi connectivity index (χ0) is 16.1. The first kappa shape index (κ1) is 16.0. The SMILES string of the molecule is CN(C(=O)C(CO)Cc1ccc(F)cc1)c1ccc(O)cc1. The van der Waals surface area contributed by atoms with E-state index < -0.39 is 5.92 Å². The summed E-state index contributed by atoms with van der Waals surface area (Å²) in [5.41, 5.74) is 1.41. The number of phenols is 1. The summed E-state index contributed by atoms with van der Waals surface area (Å²) in [5, 5.41) is 18.8. The average molecular weight is 303 g/mol. The van der Waals surface area contributed by atoms with Crippen LogP contribution in [0.4, 0.5) is 10.1 Å². The van der Waals surface area contributed by atoms with Crippen LogP contribution in [0.2, 0.25) is 0 Å². The number of carbonyl (C=O) groups is 1. The number of halogens is 1. The standard InChI is InChI=1S/C17H18FNO3/c1-19(15-6-8-16(21)9-7-15)17(22)13(11-20)10-12-2-4-14(18)5-3-12/h2-9,13,20-21H,10-11H2,1H3. The molecule has 0 aromatic heterocycles. The molecule has 0 saturated heterocycles. The van der Waals surface area contributed by atoms with E-state index in [0.29, 0.717) is 12.1 Å². The van der Waals surface area contributed by atoms with Crippen molar-refractivity contribution < 1.29 is 19.4 Å². The molecule has 2 rings (SSSR count). The van der Waals surface area contributed by atoms with E-state index in [9.17, 15) is 19.4 Å². The number of rotatable bonds is 5. The van der Waals surface area contributed by atoms with E-state index in [2.05, 4.69) is 0 Å². The van der Waals surface area contributed by atoms with Gasteiger partial charge in [0.05, 0.1) is 12.5 Å². The van der Waals surface area contributed by atoms with Gasteiger partial charge in [-0.25, -0.2) is 4.39 Å². The van der Waals surface area contributed by atoms with Crippen LogP contribution in [0, 0.1) is 11.7 Å². The van der Waals surface area contributed by atoms with E-state index in [1.165, 1.54) is 29.2 Å². The van der Waals surface area contributed by atoms with Gasteiger partial charge < -0.3 is 15.1 Å². The first-order valence-electron chi connectivity index (χ1n) is 6.93. The smallest absolute Gasteiger partial charge is 0.232 e. The van der Waals surface area contributed by atoms with Crippen molar-refractivity contribution >= 4 is 11.6 Å². The lowest BCUT2D eigenvalue weighted by atomic mass is 9.98. The molecule has 0 fully saturated rings. The van der Waals surface area contributed by atoms with Crippen molar-refractivity contribution in [1.82, 2.24) is 0 Å². The molecule has 0 aliphatic heterocycles. The number of nitrogens with zero attached hydrogens (tertiary/aromatic N) is 1. The maximum Gasteiger partial charge on any atom is 0.232 e. The molecule has 1 atom stereocenters. The highest BCUT2D eigenvalue weighted by Gasteiger charge is 2.22. The summed E-state index contributed by atoms with van der Waals surface area (Å²) >= 11 is 0. The van der Waals surface area contributed by atoms with E-state index in [0.717, 1.165) is 5.56 Å². The molecule has 0 aliphatic carbocycles. The molecule has 116 valence electrons. The Labute approximate surface area is 128 Å². The van der Waals surface area contributed by atoms with Gasteiger partial charge in [0.25, 0.3) is 0 Å². The summed E-state index contributed by atoms with van der Waals surface area (Å²) in [7, 11) is 1.61. The average Bonchev–Trinajstić information content (AvgIpc) is 2.53. The van der Waals surface area contributed by atoms with Gasteiger partial charge in [-0.3, -0.25) is 4.79 Å². The summed E-state index contributed by atoms with van der Waals surface area (Å²) in [6.45, 7) is -0.293. The van der Waals surface area contributed by atoms with Gasteiger partial charge in [0.1, 0.15) is 11.6 Å². The number of anilines is 1. The lowest BCUT2D eigenvalue weighted by molar-refractivity contribution is -0.123. The van der Waals surface area contributed by atoms with Crippen LogP contribution in [-0.4, -0.2) is 29.8 Å². The van der Waals surface area contributed by atoms with Crippen LogP contribution in [0.3, 0.4) is 0 Å². The van der Waals surface area contributed by atoms with Crippen LogP contribution in [0.1, 0.15) is 5.56 Å². The Morgan fingerprint density at radius 3 is 2.27 bits per heavy atom. The molecule has 0 spiro atoms. The number of hydrogen-bond donors (Lipinski definition) is 2. The van der Waals surface area contributed by atoms with E-state index in [4.69, 9.17) is 0 Å². The molecule has 0 heterocycles. The Morgan fingerprint density at radius 2 is 1.73 bits per heavy atom. The molecular formula is C17H18FNO3. The third-order valence-corrected chi connectivity index (χ3v) is 3.53. The fourth-order valence-electron chi connectivity index (χ4n) is 2.21. The van der Waals surface area contributed by atoms with Crippen LogP contribution in [0.15, 0.2) is 48.5 Å². The number of carbonyl (C=O) groups excluding carboxylic acids is 1. The Balaban J connectivity index is 2.10. The maximum absolute atomic E-state index is 12.9. The monoisotopic (exact) mass is 303 g/mol. The Kier molecular flexibility index (Phi) is 5.12. The second-order valence-electron chi connectivity index (χ2n) is 5.12. The van der Waals surface area contributed by atoms with Crippen LogP contribution < -0.4 is 4.90 Å². The van der Waals surface area contributed by atoms with Crippen molar-refractivity contribution in [3.05, 3.63) is 59.9 Å². The molecule has 0 bridgehead atoms. The van der Waals surface area contributed by atoms with Crippen LogP contribution in [0.25, 0.3) is 0 Å². The maximum atomic E-state index is 12.9. The van der Waals surface area contributed by atoms with Crippen LogP contribution in [-0.2, 0) is 11.2 Å². The fourth-order valence-corrected chi connectivity index (χ4v) is 2.21. The molecule has 1 unspecified atom stereocenters. The van der Waals surface area contributed by atoms with Crippen molar-refractivity contribution in [2.24, 2.45) is 5.92 Å². The van der Waals surface area contributed by atoms with Gasteiger partial charge in [-0.15, -0.1) is 0 Å². The number of hydrogen-bond acceptors (Lipinski definition) is 3. The highest BCUT2D eigenvalue weighted by atomic mass is 19.1. The molecule has 2 aromatic rings. The molecule has 5 heteroatoms. The van der Waals surface area contributed by atoms with E-state index in [1.807, 2.05) is 0 Å². The number of aliphatic hydroxyl groups excluding tert-OH is 1. The third kappa shape index (κ3) is 3.83. The molecule has 4 nitrogen and oxygen atoms in total. The highest BCUT2D eigenvalue weighted by Crippen LogP contribution is 2.20. The largest absolute Gasteiger partial charge is 0.508 e. The molecule has 0 saturated carbocycles. The second-order valence-corrected chi connectivity index (χ2v) is 5.12. The van der Waals surface area contributed by atoms with Crippen molar-refractivity contribution in [1.29, 1.82) is 0 Å². The van der Waals surface area contributed by atoms with Gasteiger partial charge in [-0.05, 0) is 48.4 Å². The van der Waals surface area contributed by atoms with Gasteiger partial charge in [-0.1, -0.05) is 12.1 Å². The Bertz CT molecular complexity index is 625. The molecule has 0 radical (unpaired) electrons. The fraction of sp³-hybridized carbons (Fsp3) is 0.235. The quantitative estimate of drug-likeness (QED) is 0.891. The number of benzene rings is 2. The summed E-state index contributed by atoms with van der Waals surface area (Å²) < 4.78 is 12.9. The van der Waals surface area contributed by atoms with E-state index in [-0.39, 0.29) is 24.1 Å². The molecular weight excluding hydrogens is 285 g/mol. The molecule has 0 aliphatic rings. The summed E-state index contributed by atoms with van der Waals surface area (Å²) in [5.74, 6) is -1.06. The summed E-state index contributed by atoms with van der Waals surface area (Å²) in [6, 6.07) is 12.1. The topological polar surface area (TPSA) is 60.8 Å². The third-order valence-electron chi connectivity index (χ3n) is 3.53. The lowest BCUT2D eigenvalue weighted by Gasteiger charge is -2.23. The zero-order valence-corrected chi connectivity index (χ0v) is 12.2. The van der Waals surface area contributed by atoms with Crippen molar-refractivity contribution in [2.45, 2.75) is 6.42 Å². The molecule has 1 amide bonds. The van der Waals surface area contributed by atoms with Gasteiger partial charge in [0.15, 0.2) is 0 Å². The number of amides is 1. The lowest BCUT2D eigenvalue weighted by Crippen LogP contribution is -2.35. The van der Waals surface area contributed by atoms with Gasteiger partial charge in [0, 0.05) is 12.7 Å². The van der Waals surface area contributed by atoms with Gasteiger partial charge in [0.2, 0.25) is 5.91 Å². The molecule has 2 aromatic carbocycles. The Hall–Kier alpha value is -2.40. The predicted molar refractivity (Wildman–Crippen MR) is 82.2 cm³/mol. The minimum Gasteiger partial charge on any atom is -0.508 e. The zero-order valence-electron chi connectivity index (χ0n) is 12.2. The minimum absolute atomic E-state index is 0.120. The predicted octanol–water partition coefficient (Wildman–Crippen LogP) is 2.35. The van der Waals surface area contributed by atoms with Crippen LogP contribution >= 0.6 is 0 Å². The number of aromatic hydroxyl groups is 1. The molecule has 2 N–H and O–H groups in total. The second kappa shape index (κ2) is 7.04.